The molecule has 19 heteroatoms. The number of H-pyrrole nitrogens is 1. The van der Waals surface area contributed by atoms with Crippen molar-refractivity contribution in [2.75, 3.05) is 49.5 Å². The lowest BCUT2D eigenvalue weighted by atomic mass is 9.88. The maximum atomic E-state index is 13.4. The van der Waals surface area contributed by atoms with Crippen molar-refractivity contribution in [1.82, 2.24) is 40.6 Å². The van der Waals surface area contributed by atoms with E-state index in [-0.39, 0.29) is 55.3 Å². The minimum absolute atomic E-state index is 0.00541. The summed E-state index contributed by atoms with van der Waals surface area (Å²) in [6.45, 7) is 8.10. The van der Waals surface area contributed by atoms with Crippen LogP contribution in [0.25, 0.3) is 22.2 Å². The fourth-order valence-corrected chi connectivity index (χ4v) is 8.68. The number of aromatic amines is 1. The zero-order valence-electron chi connectivity index (χ0n) is 34.7. The maximum Gasteiger partial charge on any atom is 0.262 e. The predicted molar refractivity (Wildman–Crippen MR) is 234 cm³/mol. The molecule has 0 spiro atoms. The quantitative estimate of drug-likeness (QED) is 0.113. The van der Waals surface area contributed by atoms with E-state index in [1.807, 2.05) is 56.0 Å². The van der Waals surface area contributed by atoms with Gasteiger partial charge in [0.25, 0.3) is 11.8 Å². The Hall–Kier alpha value is -6.59. The zero-order valence-corrected chi connectivity index (χ0v) is 36.2. The third kappa shape index (κ3) is 9.15. The van der Waals surface area contributed by atoms with Crippen molar-refractivity contribution < 1.29 is 33.5 Å². The van der Waals surface area contributed by atoms with E-state index in [1.165, 1.54) is 24.5 Å². The fraction of sp³-hybridized carbons (Fsp3) is 0.341. The van der Waals surface area contributed by atoms with Gasteiger partial charge in [-0.3, -0.25) is 49.1 Å². The molecule has 0 aliphatic carbocycles. The van der Waals surface area contributed by atoms with E-state index in [2.05, 4.69) is 36.0 Å². The van der Waals surface area contributed by atoms with Gasteiger partial charge in [-0.05, 0) is 67.3 Å². The Labute approximate surface area is 371 Å². The lowest BCUT2D eigenvalue weighted by Gasteiger charge is -2.37. The first-order valence-electron chi connectivity index (χ1n) is 20.4. The Morgan fingerprint density at radius 1 is 0.937 bits per heavy atom. The molecule has 2 fully saturated rings. The molecule has 3 aliphatic heterocycles. The molecule has 4 N–H and O–H groups in total. The Kier molecular flexibility index (Phi) is 12.1. The molecule has 0 radical (unpaired) electrons. The molecular weight excluding hydrogens is 851 g/mol. The third-order valence-electron chi connectivity index (χ3n) is 11.4. The largest absolute Gasteiger partial charge is 0.486 e. The molecule has 3 aliphatic rings. The number of hydrogen-bond acceptors (Lipinski definition) is 12. The van der Waals surface area contributed by atoms with Gasteiger partial charge in [0.05, 0.1) is 33.2 Å². The van der Waals surface area contributed by atoms with Crippen LogP contribution in [-0.4, -0.2) is 111 Å². The van der Waals surface area contributed by atoms with Gasteiger partial charge >= 0.3 is 0 Å². The predicted octanol–water partition coefficient (Wildman–Crippen LogP) is 5.16. The van der Waals surface area contributed by atoms with Gasteiger partial charge in [0, 0.05) is 86.4 Å². The van der Waals surface area contributed by atoms with E-state index in [1.54, 1.807) is 12.3 Å². The highest BCUT2D eigenvalue weighted by atomic mass is 35.5. The van der Waals surface area contributed by atoms with Gasteiger partial charge < -0.3 is 25.2 Å². The second-order valence-corrected chi connectivity index (χ2v) is 17.3. The van der Waals surface area contributed by atoms with Crippen LogP contribution in [0.4, 0.5) is 11.5 Å². The molecule has 6 heterocycles. The van der Waals surface area contributed by atoms with Crippen LogP contribution in [0.2, 0.25) is 10.0 Å². The van der Waals surface area contributed by atoms with Crippen LogP contribution in [0.3, 0.4) is 0 Å². The highest BCUT2D eigenvalue weighted by molar-refractivity contribution is 6.35. The number of benzene rings is 2. The monoisotopic (exact) mass is 894 g/mol. The van der Waals surface area contributed by atoms with E-state index in [0.29, 0.717) is 53.2 Å². The smallest absolute Gasteiger partial charge is 0.262 e. The molecule has 0 saturated carbocycles. The van der Waals surface area contributed by atoms with Crippen molar-refractivity contribution in [3.8, 4) is 17.0 Å². The summed E-state index contributed by atoms with van der Waals surface area (Å²) >= 11 is 12.7. The molecule has 1 unspecified atom stereocenters. The molecule has 2 atom stereocenters. The lowest BCUT2D eigenvalue weighted by Crippen LogP contribution is -2.54. The number of nitrogens with zero attached hydrogens (tertiary/aromatic N) is 6. The number of imide groups is 2. The molecule has 5 aromatic rings. The number of anilines is 2. The fourth-order valence-electron chi connectivity index (χ4n) is 8.00. The number of carbonyl (C=O) groups excluding carboxylic acids is 6. The van der Waals surface area contributed by atoms with Crippen LogP contribution < -0.4 is 25.6 Å². The second-order valence-electron chi connectivity index (χ2n) is 16.5. The van der Waals surface area contributed by atoms with Crippen LogP contribution in [0.15, 0.2) is 67.1 Å². The first-order valence-corrected chi connectivity index (χ1v) is 21.2. The molecule has 2 saturated heterocycles. The van der Waals surface area contributed by atoms with E-state index >= 15 is 0 Å². The number of aromatic nitrogens is 4. The summed E-state index contributed by atoms with van der Waals surface area (Å²) in [5.74, 6) is -1.29. The van der Waals surface area contributed by atoms with Gasteiger partial charge in [0.2, 0.25) is 23.6 Å². The molecule has 3 aromatic heterocycles. The second kappa shape index (κ2) is 17.6. The summed E-state index contributed by atoms with van der Waals surface area (Å²) < 4.78 is 6.22. The first kappa shape index (κ1) is 43.1. The van der Waals surface area contributed by atoms with Crippen LogP contribution in [0.5, 0.6) is 5.75 Å². The highest BCUT2D eigenvalue weighted by Gasteiger charge is 2.44. The number of halogens is 2. The topological polar surface area (TPSA) is 212 Å². The number of pyridine rings is 2. The standard InChI is InChI=1S/C44H44Cl2N10O7/c1-24(39-31(45)20-47-21-32(39)46)63-27-6-8-33-30(17-27)40(53-52-33)25-4-10-35(49-19-25)54-12-14-55(15-13-54)38(59)18-44(2,3)23-50-37(58)22-48-26-5-7-28-29(16-26)43(62)56(42(28)61)34-9-11-36(57)51-41(34)60/h4-8,10,16-17,19-21,24,34,48H,9,11-15,18,22-23H2,1-3H3,(H,50,58)(H,52,53)(H,51,57,60)/t24-,34?/m1/s1. The van der Waals surface area contributed by atoms with Crippen molar-refractivity contribution in [1.29, 1.82) is 0 Å². The van der Waals surface area contributed by atoms with Crippen molar-refractivity contribution >= 4 is 81.1 Å². The Morgan fingerprint density at radius 3 is 2.40 bits per heavy atom. The summed E-state index contributed by atoms with van der Waals surface area (Å²) in [6, 6.07) is 13.1. The number of piperidine rings is 1. The number of rotatable bonds is 13. The number of nitrogens with one attached hydrogen (secondary N) is 4. The SMILES string of the molecule is C[C@@H](Oc1ccc2[nH]nc(-c3ccc(N4CCN(C(=O)CC(C)(C)CNC(=O)CNc5ccc6c(c5)C(=O)N(C5CCC(=O)NC5=O)C6=O)CC4)nc3)c2c1)c1c(Cl)cncc1Cl. The zero-order chi connectivity index (χ0) is 44.6. The molecule has 63 heavy (non-hydrogen) atoms. The van der Waals surface area contributed by atoms with Gasteiger partial charge in [-0.15, -0.1) is 0 Å². The average Bonchev–Trinajstić information content (AvgIpc) is 3.79. The van der Waals surface area contributed by atoms with E-state index in [9.17, 15) is 28.8 Å². The average molecular weight is 896 g/mol. The van der Waals surface area contributed by atoms with E-state index < -0.39 is 41.2 Å². The minimum Gasteiger partial charge on any atom is -0.486 e. The Morgan fingerprint density at radius 2 is 1.68 bits per heavy atom. The minimum atomic E-state index is -1.07. The Balaban J connectivity index is 0.792. The number of carbonyl (C=O) groups is 6. The summed E-state index contributed by atoms with van der Waals surface area (Å²) in [5, 5.41) is 17.4. The van der Waals surface area contributed by atoms with Gasteiger partial charge in [-0.25, -0.2) is 4.98 Å². The van der Waals surface area contributed by atoms with E-state index in [0.717, 1.165) is 32.9 Å². The normalized spacial score (nSPS) is 17.2. The molecule has 326 valence electrons. The molecule has 17 nitrogen and oxygen atoms in total. The number of hydrogen-bond donors (Lipinski definition) is 4. The van der Waals surface area contributed by atoms with Gasteiger partial charge in [-0.2, -0.15) is 5.10 Å². The van der Waals surface area contributed by atoms with Gasteiger partial charge in [0.15, 0.2) is 0 Å². The van der Waals surface area contributed by atoms with Crippen molar-refractivity contribution in [3.63, 3.8) is 0 Å². The van der Waals surface area contributed by atoms with E-state index in [4.69, 9.17) is 32.9 Å². The van der Waals surface area contributed by atoms with Crippen molar-refractivity contribution in [2.24, 2.45) is 5.41 Å². The van der Waals surface area contributed by atoms with Crippen LogP contribution in [0.1, 0.15) is 72.4 Å². The first-order chi connectivity index (χ1) is 30.2. The Bertz CT molecular complexity index is 2630. The van der Waals surface area contributed by atoms with Gasteiger partial charge in [-0.1, -0.05) is 37.0 Å². The summed E-state index contributed by atoms with van der Waals surface area (Å²) in [6.07, 6.45) is 4.75. The highest BCUT2D eigenvalue weighted by Crippen LogP contribution is 2.35. The lowest BCUT2D eigenvalue weighted by molar-refractivity contribution is -0.136. The number of amides is 6. The molecule has 2 aromatic carbocycles. The summed E-state index contributed by atoms with van der Waals surface area (Å²) in [4.78, 5) is 90.0. The van der Waals surface area contributed by atoms with Crippen LogP contribution in [0, 0.1) is 5.41 Å². The maximum absolute atomic E-state index is 13.4. The van der Waals surface area contributed by atoms with Gasteiger partial charge in [0.1, 0.15) is 29.4 Å². The summed E-state index contributed by atoms with van der Waals surface area (Å²) in [5.41, 5.74) is 3.20. The molecule has 6 amide bonds. The summed E-state index contributed by atoms with van der Waals surface area (Å²) in [7, 11) is 0. The molecule has 8 rings (SSSR count). The van der Waals surface area contributed by atoms with Crippen LogP contribution in [-0.2, 0) is 19.2 Å². The van der Waals surface area contributed by atoms with Crippen molar-refractivity contribution in [2.45, 2.75) is 52.2 Å². The number of fused-ring (bicyclic) bond motifs is 2. The number of ether oxygens (including phenoxy) is 1. The number of piperazine rings is 1. The van der Waals surface area contributed by atoms with Crippen LogP contribution >= 0.6 is 23.2 Å². The molecular formula is C44H44Cl2N10O7. The molecule has 0 bridgehead atoms. The third-order valence-corrected chi connectivity index (χ3v) is 12.0. The van der Waals surface area contributed by atoms with Crippen molar-refractivity contribution in [3.05, 3.63) is 93.9 Å².